The highest BCUT2D eigenvalue weighted by molar-refractivity contribution is 5.66. The van der Waals surface area contributed by atoms with Gasteiger partial charge in [0.05, 0.1) is 11.2 Å². The molecule has 2 heterocycles. The van der Waals surface area contributed by atoms with Crippen molar-refractivity contribution in [3.05, 3.63) is 0 Å². The fraction of sp³-hybridized carbons (Fsp3) is 0.941. The van der Waals surface area contributed by atoms with Crippen LogP contribution in [0.15, 0.2) is 0 Å². The predicted molar refractivity (Wildman–Crippen MR) is 77.2 cm³/mol. The Kier molecular flexibility index (Phi) is 3.20. The minimum Gasteiger partial charge on any atom is -0.462 e. The molecule has 0 aromatic rings. The summed E-state index contributed by atoms with van der Waals surface area (Å²) in [6.07, 6.45) is 4.62. The molecule has 0 N–H and O–H groups in total. The minimum absolute atomic E-state index is 0.0269. The Morgan fingerprint density at radius 2 is 1.90 bits per heavy atom. The molecule has 20 heavy (non-hydrogen) atoms. The first kappa shape index (κ1) is 14.4. The summed E-state index contributed by atoms with van der Waals surface area (Å²) in [4.78, 5) is 11.5. The van der Waals surface area contributed by atoms with Crippen LogP contribution in [0.4, 0.5) is 0 Å². The van der Waals surface area contributed by atoms with E-state index in [1.54, 1.807) is 0 Å². The third-order valence-corrected chi connectivity index (χ3v) is 6.25. The van der Waals surface area contributed by atoms with E-state index in [1.807, 2.05) is 0 Å². The van der Waals surface area contributed by atoms with Gasteiger partial charge in [0.1, 0.15) is 6.10 Å². The maximum Gasteiger partial charge on any atom is 0.302 e. The van der Waals surface area contributed by atoms with Crippen molar-refractivity contribution in [3.8, 4) is 0 Å². The normalized spacial score (nSPS) is 49.5. The summed E-state index contributed by atoms with van der Waals surface area (Å²) in [5.74, 6) is 2.31. The molecule has 4 fully saturated rings. The lowest BCUT2D eigenvalue weighted by Gasteiger charge is -2.50. The van der Waals surface area contributed by atoms with E-state index in [4.69, 9.17) is 9.47 Å². The van der Waals surface area contributed by atoms with Crippen LogP contribution in [0.25, 0.3) is 0 Å². The maximum absolute atomic E-state index is 11.5. The highest BCUT2D eigenvalue weighted by atomic mass is 16.6. The second-order valence-corrected chi connectivity index (χ2v) is 8.04. The fourth-order valence-electron chi connectivity index (χ4n) is 5.42. The molecule has 2 aliphatic carbocycles. The van der Waals surface area contributed by atoms with Gasteiger partial charge in [0.2, 0.25) is 0 Å². The molecule has 0 amide bonds. The molecule has 2 aliphatic heterocycles. The molecule has 0 aromatic heterocycles. The van der Waals surface area contributed by atoms with Crippen LogP contribution in [0.5, 0.6) is 0 Å². The molecule has 0 spiro atoms. The van der Waals surface area contributed by atoms with Crippen molar-refractivity contribution in [2.45, 2.75) is 77.6 Å². The van der Waals surface area contributed by atoms with Gasteiger partial charge < -0.3 is 9.47 Å². The lowest BCUT2D eigenvalue weighted by Crippen LogP contribution is -2.56. The minimum atomic E-state index is -0.197. The third-order valence-electron chi connectivity index (χ3n) is 6.25. The Balaban J connectivity index is 1.98. The average Bonchev–Trinajstić information content (AvgIpc) is 2.55. The molecule has 4 aliphatic rings. The molecule has 0 aromatic carbocycles. The number of fused-ring (bicyclic) bond motifs is 2. The zero-order valence-corrected chi connectivity index (χ0v) is 13.4. The molecule has 3 nitrogen and oxygen atoms in total. The smallest absolute Gasteiger partial charge is 0.302 e. The van der Waals surface area contributed by atoms with Gasteiger partial charge in [-0.25, -0.2) is 0 Å². The lowest BCUT2D eigenvalue weighted by molar-refractivity contribution is -0.236. The Morgan fingerprint density at radius 3 is 2.55 bits per heavy atom. The number of ether oxygens (including phenoxy) is 2. The van der Waals surface area contributed by atoms with Crippen LogP contribution in [-0.4, -0.2) is 23.3 Å². The number of hydrogen-bond acceptors (Lipinski definition) is 3. The van der Waals surface area contributed by atoms with Crippen LogP contribution in [0.2, 0.25) is 0 Å². The molecule has 2 unspecified atom stereocenters. The molecule has 2 saturated heterocycles. The number of carbonyl (C=O) groups is 1. The third kappa shape index (κ3) is 2.09. The molecule has 2 saturated carbocycles. The van der Waals surface area contributed by atoms with Gasteiger partial charge in [-0.05, 0) is 51.4 Å². The largest absolute Gasteiger partial charge is 0.462 e. The summed E-state index contributed by atoms with van der Waals surface area (Å²) < 4.78 is 12.3. The summed E-state index contributed by atoms with van der Waals surface area (Å²) in [7, 11) is 0. The number of carbonyl (C=O) groups excluding carboxylic acids is 1. The van der Waals surface area contributed by atoms with Crippen molar-refractivity contribution in [1.29, 1.82) is 0 Å². The van der Waals surface area contributed by atoms with E-state index in [0.717, 1.165) is 24.7 Å². The van der Waals surface area contributed by atoms with Crippen molar-refractivity contribution in [2.24, 2.45) is 23.7 Å². The first-order valence-electron chi connectivity index (χ1n) is 8.10. The molecular formula is C17H28O3. The van der Waals surface area contributed by atoms with Gasteiger partial charge in [-0.1, -0.05) is 13.3 Å². The SMILES string of the molecule is CC(=O)O[C@H]1C[C@@]2(C)OC(C)(C)[C@@H]1CC1C2CC[C@H]1C. The number of esters is 1. The zero-order valence-electron chi connectivity index (χ0n) is 13.4. The molecule has 2 bridgehead atoms. The monoisotopic (exact) mass is 280 g/mol. The van der Waals surface area contributed by atoms with Crippen LogP contribution in [0, 0.1) is 23.7 Å². The maximum atomic E-state index is 11.5. The van der Waals surface area contributed by atoms with E-state index < -0.39 is 0 Å². The first-order valence-corrected chi connectivity index (χ1v) is 8.10. The molecule has 4 rings (SSSR count). The van der Waals surface area contributed by atoms with Gasteiger partial charge in [-0.15, -0.1) is 0 Å². The van der Waals surface area contributed by atoms with Crippen molar-refractivity contribution in [1.82, 2.24) is 0 Å². The average molecular weight is 280 g/mol. The topological polar surface area (TPSA) is 35.5 Å². The first-order chi connectivity index (χ1) is 9.23. The Labute approximate surface area is 122 Å². The van der Waals surface area contributed by atoms with Gasteiger partial charge >= 0.3 is 5.97 Å². The Hall–Kier alpha value is -0.570. The van der Waals surface area contributed by atoms with Crippen molar-refractivity contribution < 1.29 is 14.3 Å². The van der Waals surface area contributed by atoms with Crippen molar-refractivity contribution in [2.75, 3.05) is 0 Å². The zero-order chi connectivity index (χ0) is 14.7. The molecule has 0 radical (unpaired) electrons. The van der Waals surface area contributed by atoms with Gasteiger partial charge in [0.15, 0.2) is 0 Å². The lowest BCUT2D eigenvalue weighted by atomic mass is 9.76. The van der Waals surface area contributed by atoms with Gasteiger partial charge in [-0.2, -0.15) is 0 Å². The standard InChI is InChI=1S/C17H28O3/c1-10-6-7-13-12(10)8-14-15(19-11(2)18)9-17(13,5)20-16(14,3)4/h10,12-15H,6-9H2,1-5H3/t10-,12?,13?,14-,15+,17-/m1/s1. The second-order valence-electron chi connectivity index (χ2n) is 8.04. The summed E-state index contributed by atoms with van der Waals surface area (Å²) in [6.45, 7) is 10.5. The summed E-state index contributed by atoms with van der Waals surface area (Å²) in [6, 6.07) is 0. The van der Waals surface area contributed by atoms with Crippen LogP contribution in [0.3, 0.4) is 0 Å². The van der Waals surface area contributed by atoms with Crippen LogP contribution in [0.1, 0.15) is 60.3 Å². The summed E-state index contributed by atoms with van der Waals surface area (Å²) >= 11 is 0. The molecular weight excluding hydrogens is 252 g/mol. The van der Waals surface area contributed by atoms with E-state index >= 15 is 0 Å². The molecule has 6 atom stereocenters. The van der Waals surface area contributed by atoms with Crippen molar-refractivity contribution in [3.63, 3.8) is 0 Å². The van der Waals surface area contributed by atoms with Gasteiger partial charge in [0, 0.05) is 19.3 Å². The summed E-state index contributed by atoms with van der Waals surface area (Å²) in [5, 5.41) is 0. The molecule has 3 heteroatoms. The van der Waals surface area contributed by atoms with E-state index in [0.29, 0.717) is 11.8 Å². The van der Waals surface area contributed by atoms with E-state index in [1.165, 1.54) is 19.8 Å². The van der Waals surface area contributed by atoms with Crippen LogP contribution >= 0.6 is 0 Å². The Bertz CT molecular complexity index is 416. The van der Waals surface area contributed by atoms with E-state index in [9.17, 15) is 4.79 Å². The fourth-order valence-corrected chi connectivity index (χ4v) is 5.42. The number of hydrogen-bond donors (Lipinski definition) is 0. The summed E-state index contributed by atoms with van der Waals surface area (Å²) in [5.41, 5.74) is -0.330. The number of rotatable bonds is 1. The van der Waals surface area contributed by atoms with Crippen molar-refractivity contribution >= 4 is 5.97 Å². The quantitative estimate of drug-likeness (QED) is 0.689. The molecule has 114 valence electrons. The second kappa shape index (κ2) is 4.46. The van der Waals surface area contributed by atoms with Gasteiger partial charge in [-0.3, -0.25) is 4.79 Å². The van der Waals surface area contributed by atoms with E-state index in [-0.39, 0.29) is 23.3 Å². The van der Waals surface area contributed by atoms with Crippen LogP contribution in [-0.2, 0) is 14.3 Å². The van der Waals surface area contributed by atoms with Gasteiger partial charge in [0.25, 0.3) is 0 Å². The Morgan fingerprint density at radius 1 is 1.20 bits per heavy atom. The highest BCUT2D eigenvalue weighted by Crippen LogP contribution is 2.58. The predicted octanol–water partition coefficient (Wildman–Crippen LogP) is 3.56. The van der Waals surface area contributed by atoms with E-state index in [2.05, 4.69) is 27.7 Å². The highest BCUT2D eigenvalue weighted by Gasteiger charge is 2.60. The van der Waals surface area contributed by atoms with Crippen LogP contribution < -0.4 is 0 Å².